The zero-order valence-corrected chi connectivity index (χ0v) is 11.5. The summed E-state index contributed by atoms with van der Waals surface area (Å²) in [5.74, 6) is -3.01. The fraction of sp³-hybridized carbons (Fsp3) is 0.385. The van der Waals surface area contributed by atoms with Crippen molar-refractivity contribution in [2.24, 2.45) is 5.92 Å². The van der Waals surface area contributed by atoms with E-state index in [0.29, 0.717) is 6.07 Å². The summed E-state index contributed by atoms with van der Waals surface area (Å²) in [5.41, 5.74) is -0.868. The second-order valence-electron chi connectivity index (χ2n) is 4.95. The summed E-state index contributed by atoms with van der Waals surface area (Å²) in [4.78, 5) is 32.7. The van der Waals surface area contributed by atoms with Gasteiger partial charge >= 0.3 is 5.97 Å². The molecule has 0 fully saturated rings. The van der Waals surface area contributed by atoms with Crippen LogP contribution in [-0.4, -0.2) is 27.9 Å². The maximum atomic E-state index is 13.3. The first-order chi connectivity index (χ1) is 9.70. The highest BCUT2D eigenvalue weighted by Gasteiger charge is 2.23. The van der Waals surface area contributed by atoms with Crippen LogP contribution in [0.15, 0.2) is 18.2 Å². The molecule has 114 valence electrons. The summed E-state index contributed by atoms with van der Waals surface area (Å²) in [6.45, 7) is 3.57. The number of halogens is 1. The molecule has 0 radical (unpaired) electrons. The lowest BCUT2D eigenvalue weighted by Crippen LogP contribution is -2.41. The van der Waals surface area contributed by atoms with Crippen molar-refractivity contribution >= 4 is 17.6 Å². The molecule has 0 saturated carbocycles. The maximum absolute atomic E-state index is 13.3. The van der Waals surface area contributed by atoms with Crippen LogP contribution in [0.4, 0.5) is 10.1 Å². The van der Waals surface area contributed by atoms with Crippen molar-refractivity contribution in [3.05, 3.63) is 39.7 Å². The number of carboxylic acid groups (broad SMARTS) is 1. The van der Waals surface area contributed by atoms with Gasteiger partial charge in [-0.2, -0.15) is 0 Å². The molecule has 0 aromatic heterocycles. The molecule has 0 saturated heterocycles. The van der Waals surface area contributed by atoms with Gasteiger partial charge in [0.15, 0.2) is 0 Å². The van der Waals surface area contributed by atoms with E-state index in [0.717, 1.165) is 12.1 Å². The van der Waals surface area contributed by atoms with Crippen molar-refractivity contribution in [1.82, 2.24) is 5.32 Å². The highest BCUT2D eigenvalue weighted by Crippen LogP contribution is 2.16. The van der Waals surface area contributed by atoms with Gasteiger partial charge in [-0.1, -0.05) is 13.8 Å². The summed E-state index contributed by atoms with van der Waals surface area (Å²) in [5, 5.41) is 21.9. The molecule has 2 N–H and O–H groups in total. The van der Waals surface area contributed by atoms with Gasteiger partial charge in [0.1, 0.15) is 11.9 Å². The van der Waals surface area contributed by atoms with Crippen molar-refractivity contribution in [2.75, 3.05) is 0 Å². The quantitative estimate of drug-likeness (QED) is 0.616. The Morgan fingerprint density at radius 3 is 2.48 bits per heavy atom. The van der Waals surface area contributed by atoms with E-state index in [9.17, 15) is 24.1 Å². The molecule has 1 aromatic carbocycles. The Bertz CT molecular complexity index is 574. The van der Waals surface area contributed by atoms with Gasteiger partial charge in [-0.05, 0) is 18.4 Å². The lowest BCUT2D eigenvalue weighted by Gasteiger charge is -2.16. The molecule has 8 heteroatoms. The van der Waals surface area contributed by atoms with E-state index >= 15 is 0 Å². The van der Waals surface area contributed by atoms with Gasteiger partial charge in [-0.15, -0.1) is 0 Å². The zero-order chi connectivity index (χ0) is 16.2. The number of nitro benzene ring substituents is 1. The van der Waals surface area contributed by atoms with Gasteiger partial charge in [0.2, 0.25) is 0 Å². The molecule has 7 nitrogen and oxygen atoms in total. The second-order valence-corrected chi connectivity index (χ2v) is 4.95. The summed E-state index contributed by atoms with van der Waals surface area (Å²) in [6, 6.07) is 1.25. The van der Waals surface area contributed by atoms with Crippen LogP contribution in [0.1, 0.15) is 30.6 Å². The van der Waals surface area contributed by atoms with Crippen LogP contribution in [0.2, 0.25) is 0 Å². The predicted molar refractivity (Wildman–Crippen MR) is 71.4 cm³/mol. The summed E-state index contributed by atoms with van der Waals surface area (Å²) < 4.78 is 13.3. The number of nitrogens with one attached hydrogen (secondary N) is 1. The van der Waals surface area contributed by atoms with Crippen molar-refractivity contribution in [3.63, 3.8) is 0 Å². The molecule has 1 atom stereocenters. The van der Waals surface area contributed by atoms with Crippen LogP contribution in [0.3, 0.4) is 0 Å². The fourth-order valence-electron chi connectivity index (χ4n) is 1.75. The average Bonchev–Trinajstić information content (AvgIpc) is 2.36. The number of hydrogen-bond donors (Lipinski definition) is 2. The molecule has 0 bridgehead atoms. The Labute approximate surface area is 119 Å². The van der Waals surface area contributed by atoms with Gasteiger partial charge in [-0.3, -0.25) is 14.9 Å². The van der Waals surface area contributed by atoms with E-state index < -0.39 is 34.3 Å². The molecular formula is C13H15FN2O5. The lowest BCUT2D eigenvalue weighted by molar-refractivity contribution is -0.385. The SMILES string of the molecule is CC(C)C[C@H](NC(=O)c1cc(F)cc([N+](=O)[O-])c1)C(=O)O. The molecule has 1 amide bonds. The molecular weight excluding hydrogens is 283 g/mol. The van der Waals surface area contributed by atoms with Crippen molar-refractivity contribution in [2.45, 2.75) is 26.3 Å². The second kappa shape index (κ2) is 6.78. The Morgan fingerprint density at radius 2 is 2.00 bits per heavy atom. The number of aliphatic carboxylic acids is 1. The minimum Gasteiger partial charge on any atom is -0.480 e. The Balaban J connectivity index is 2.97. The molecule has 0 unspecified atom stereocenters. The third kappa shape index (κ3) is 4.83. The molecule has 1 rings (SSSR count). The van der Waals surface area contributed by atoms with Gasteiger partial charge in [0.25, 0.3) is 11.6 Å². The number of amides is 1. The fourth-order valence-corrected chi connectivity index (χ4v) is 1.75. The number of non-ortho nitro benzene ring substituents is 1. The molecule has 0 aliphatic carbocycles. The minimum atomic E-state index is -1.22. The van der Waals surface area contributed by atoms with Crippen molar-refractivity contribution < 1.29 is 24.0 Å². The van der Waals surface area contributed by atoms with Gasteiger partial charge in [0.05, 0.1) is 11.0 Å². The molecule has 0 heterocycles. The third-order valence-corrected chi connectivity index (χ3v) is 2.67. The normalized spacial score (nSPS) is 12.0. The van der Waals surface area contributed by atoms with Crippen LogP contribution in [-0.2, 0) is 4.79 Å². The van der Waals surface area contributed by atoms with Crippen LogP contribution >= 0.6 is 0 Å². The van der Waals surface area contributed by atoms with E-state index in [1.807, 2.05) is 0 Å². The van der Waals surface area contributed by atoms with Crippen LogP contribution in [0, 0.1) is 21.8 Å². The topological polar surface area (TPSA) is 110 Å². The van der Waals surface area contributed by atoms with Crippen LogP contribution in [0.5, 0.6) is 0 Å². The molecule has 21 heavy (non-hydrogen) atoms. The first kappa shape index (κ1) is 16.5. The number of nitrogens with zero attached hydrogens (tertiary/aromatic N) is 1. The van der Waals surface area contributed by atoms with E-state index in [1.165, 1.54) is 0 Å². The summed E-state index contributed by atoms with van der Waals surface area (Å²) >= 11 is 0. The number of carbonyl (C=O) groups excluding carboxylic acids is 1. The molecule has 1 aromatic rings. The summed E-state index contributed by atoms with van der Waals surface area (Å²) in [7, 11) is 0. The van der Waals surface area contributed by atoms with Gasteiger partial charge in [0, 0.05) is 11.6 Å². The Hall–Kier alpha value is -2.51. The largest absolute Gasteiger partial charge is 0.480 e. The number of carboxylic acids is 1. The first-order valence-corrected chi connectivity index (χ1v) is 6.19. The standard InChI is InChI=1S/C13H15FN2O5/c1-7(2)3-11(13(18)19)15-12(17)8-4-9(14)6-10(5-8)16(20)21/h4-7,11H,3H2,1-2H3,(H,15,17)(H,18,19)/t11-/m0/s1. The van der Waals surface area contributed by atoms with E-state index in [2.05, 4.69) is 5.32 Å². The zero-order valence-electron chi connectivity index (χ0n) is 11.5. The number of nitro groups is 1. The van der Waals surface area contributed by atoms with Crippen molar-refractivity contribution in [1.29, 1.82) is 0 Å². The predicted octanol–water partition coefficient (Wildman–Crippen LogP) is 1.96. The third-order valence-electron chi connectivity index (χ3n) is 2.67. The number of carbonyl (C=O) groups is 2. The number of benzene rings is 1. The monoisotopic (exact) mass is 298 g/mol. The number of rotatable bonds is 6. The highest BCUT2D eigenvalue weighted by atomic mass is 19.1. The summed E-state index contributed by atoms with van der Waals surface area (Å²) in [6.07, 6.45) is 0.193. The molecule has 0 aliphatic rings. The van der Waals surface area contributed by atoms with Crippen LogP contribution in [0.25, 0.3) is 0 Å². The van der Waals surface area contributed by atoms with E-state index in [1.54, 1.807) is 13.8 Å². The first-order valence-electron chi connectivity index (χ1n) is 6.19. The van der Waals surface area contributed by atoms with Crippen LogP contribution < -0.4 is 5.32 Å². The van der Waals surface area contributed by atoms with Crippen molar-refractivity contribution in [3.8, 4) is 0 Å². The Morgan fingerprint density at radius 1 is 1.38 bits per heavy atom. The smallest absolute Gasteiger partial charge is 0.326 e. The van der Waals surface area contributed by atoms with E-state index in [-0.39, 0.29) is 17.9 Å². The van der Waals surface area contributed by atoms with Gasteiger partial charge < -0.3 is 10.4 Å². The molecule has 0 aliphatic heterocycles. The molecule has 0 spiro atoms. The maximum Gasteiger partial charge on any atom is 0.326 e. The van der Waals surface area contributed by atoms with Gasteiger partial charge in [-0.25, -0.2) is 9.18 Å². The number of hydrogen-bond acceptors (Lipinski definition) is 4. The minimum absolute atomic E-state index is 0.0215. The van der Waals surface area contributed by atoms with E-state index in [4.69, 9.17) is 5.11 Å². The lowest BCUT2D eigenvalue weighted by atomic mass is 10.0. The average molecular weight is 298 g/mol. The highest BCUT2D eigenvalue weighted by molar-refractivity contribution is 5.97. The Kier molecular flexibility index (Phi) is 5.34.